The molecule has 0 saturated carbocycles. The first-order valence-corrected chi connectivity index (χ1v) is 10.4. The molecule has 29 heavy (non-hydrogen) atoms. The summed E-state index contributed by atoms with van der Waals surface area (Å²) in [4.78, 5) is 4.20. The molecule has 148 valence electrons. The van der Waals surface area contributed by atoms with E-state index in [4.69, 9.17) is 9.15 Å². The molecular weight excluding hydrogens is 384 g/mol. The van der Waals surface area contributed by atoms with Crippen molar-refractivity contribution in [3.05, 3.63) is 78.0 Å². The summed E-state index contributed by atoms with van der Waals surface area (Å²) in [5, 5.41) is 9.63. The van der Waals surface area contributed by atoms with Crippen molar-refractivity contribution in [2.24, 2.45) is 0 Å². The summed E-state index contributed by atoms with van der Waals surface area (Å²) >= 11 is 1.62. The molecule has 0 spiro atoms. The number of thioether (sulfide) groups is 1. The van der Waals surface area contributed by atoms with E-state index in [9.17, 15) is 0 Å². The van der Waals surface area contributed by atoms with Crippen LogP contribution in [0, 0.1) is 13.8 Å². The summed E-state index contributed by atoms with van der Waals surface area (Å²) in [5.74, 6) is 3.34. The molecule has 0 saturated heterocycles. The van der Waals surface area contributed by atoms with Crippen LogP contribution in [0.1, 0.15) is 16.9 Å². The lowest BCUT2D eigenvalue weighted by atomic mass is 10.1. The fourth-order valence-electron chi connectivity index (χ4n) is 3.11. The highest BCUT2D eigenvalue weighted by atomic mass is 32.2. The molecule has 3 heterocycles. The quantitative estimate of drug-likeness (QED) is 0.310. The highest BCUT2D eigenvalue weighted by Gasteiger charge is 2.16. The van der Waals surface area contributed by atoms with Gasteiger partial charge in [-0.2, -0.15) is 0 Å². The lowest BCUT2D eigenvalue weighted by Gasteiger charge is -2.12. The molecule has 0 unspecified atom stereocenters. The normalized spacial score (nSPS) is 11.0. The van der Waals surface area contributed by atoms with Crippen LogP contribution in [0.5, 0.6) is 5.75 Å². The second-order valence-corrected chi connectivity index (χ2v) is 7.69. The highest BCUT2D eigenvalue weighted by Crippen LogP contribution is 2.26. The van der Waals surface area contributed by atoms with Crippen LogP contribution in [-0.4, -0.2) is 32.1 Å². The number of aryl methyl sites for hydroxylation is 2. The van der Waals surface area contributed by atoms with Gasteiger partial charge in [0, 0.05) is 23.7 Å². The Kier molecular flexibility index (Phi) is 5.95. The molecule has 0 atom stereocenters. The van der Waals surface area contributed by atoms with Gasteiger partial charge in [0.1, 0.15) is 11.5 Å². The molecule has 3 aromatic heterocycles. The zero-order valence-corrected chi connectivity index (χ0v) is 17.2. The Balaban J connectivity index is 1.49. The van der Waals surface area contributed by atoms with E-state index in [1.54, 1.807) is 30.4 Å². The van der Waals surface area contributed by atoms with Crippen molar-refractivity contribution in [3.63, 3.8) is 0 Å². The number of para-hydroxylation sites is 1. The number of rotatable bonds is 8. The van der Waals surface area contributed by atoms with Gasteiger partial charge in [0.2, 0.25) is 0 Å². The Bertz CT molecular complexity index is 1040. The van der Waals surface area contributed by atoms with Crippen LogP contribution in [-0.2, 0) is 6.54 Å². The molecule has 0 fully saturated rings. The van der Waals surface area contributed by atoms with Crippen molar-refractivity contribution in [1.29, 1.82) is 0 Å². The molecule has 0 radical (unpaired) electrons. The Morgan fingerprint density at radius 2 is 1.90 bits per heavy atom. The molecule has 0 amide bonds. The van der Waals surface area contributed by atoms with Crippen LogP contribution in [0.15, 0.2) is 70.7 Å². The summed E-state index contributed by atoms with van der Waals surface area (Å²) in [7, 11) is 0. The third-order valence-electron chi connectivity index (χ3n) is 4.50. The number of benzene rings is 1. The summed E-state index contributed by atoms with van der Waals surface area (Å²) in [6.07, 6.45) is 5.22. The SMILES string of the molecule is Cc1cccc(C)c1OCCSc1nnc(-c2cccnc2)n1Cc1ccco1. The molecule has 4 aromatic rings. The van der Waals surface area contributed by atoms with Crippen molar-refractivity contribution in [3.8, 4) is 17.1 Å². The average molecular weight is 407 g/mol. The molecular formula is C22H22N4O2S. The second-order valence-electron chi connectivity index (χ2n) is 6.63. The van der Waals surface area contributed by atoms with Crippen molar-refractivity contribution in [1.82, 2.24) is 19.7 Å². The number of pyridine rings is 1. The molecule has 1 aromatic carbocycles. The van der Waals surface area contributed by atoms with E-state index in [-0.39, 0.29) is 0 Å². The van der Waals surface area contributed by atoms with Crippen molar-refractivity contribution < 1.29 is 9.15 Å². The van der Waals surface area contributed by atoms with E-state index in [1.165, 1.54) is 0 Å². The number of furan rings is 1. The van der Waals surface area contributed by atoms with Crippen molar-refractivity contribution in [2.75, 3.05) is 12.4 Å². The maximum Gasteiger partial charge on any atom is 0.192 e. The highest BCUT2D eigenvalue weighted by molar-refractivity contribution is 7.99. The zero-order valence-electron chi connectivity index (χ0n) is 16.4. The number of hydrogen-bond acceptors (Lipinski definition) is 6. The predicted molar refractivity (Wildman–Crippen MR) is 113 cm³/mol. The van der Waals surface area contributed by atoms with Gasteiger partial charge in [-0.15, -0.1) is 10.2 Å². The fourth-order valence-corrected chi connectivity index (χ4v) is 3.86. The number of aromatic nitrogens is 4. The van der Waals surface area contributed by atoms with E-state index in [2.05, 4.69) is 45.7 Å². The zero-order chi connectivity index (χ0) is 20.1. The molecule has 0 aliphatic rings. The third-order valence-corrected chi connectivity index (χ3v) is 5.43. The molecule has 0 bridgehead atoms. The van der Waals surface area contributed by atoms with Crippen LogP contribution >= 0.6 is 11.8 Å². The summed E-state index contributed by atoms with van der Waals surface area (Å²) in [6.45, 7) is 5.28. The minimum atomic E-state index is 0.560. The van der Waals surface area contributed by atoms with Crippen LogP contribution in [0.25, 0.3) is 11.4 Å². The average Bonchev–Trinajstić information content (AvgIpc) is 3.38. The first-order chi connectivity index (χ1) is 14.2. The number of nitrogens with zero attached hydrogens (tertiary/aromatic N) is 4. The van der Waals surface area contributed by atoms with Crippen LogP contribution in [0.2, 0.25) is 0 Å². The van der Waals surface area contributed by atoms with Crippen molar-refractivity contribution in [2.45, 2.75) is 25.5 Å². The third kappa shape index (κ3) is 4.51. The molecule has 0 N–H and O–H groups in total. The Labute approximate surface area is 174 Å². The Morgan fingerprint density at radius 3 is 2.62 bits per heavy atom. The molecule has 0 aliphatic heterocycles. The molecule has 7 heteroatoms. The van der Waals surface area contributed by atoms with Gasteiger partial charge in [-0.1, -0.05) is 30.0 Å². The molecule has 6 nitrogen and oxygen atoms in total. The monoisotopic (exact) mass is 406 g/mol. The lowest BCUT2D eigenvalue weighted by molar-refractivity contribution is 0.339. The van der Waals surface area contributed by atoms with Crippen LogP contribution in [0.3, 0.4) is 0 Å². The van der Waals surface area contributed by atoms with Gasteiger partial charge in [-0.3, -0.25) is 9.55 Å². The fraction of sp³-hybridized carbons (Fsp3) is 0.227. The Hall–Kier alpha value is -3.06. The molecule has 0 aliphatic carbocycles. The lowest BCUT2D eigenvalue weighted by Crippen LogP contribution is -2.06. The van der Waals surface area contributed by atoms with Gasteiger partial charge >= 0.3 is 0 Å². The molecule has 4 rings (SSSR count). The maximum absolute atomic E-state index is 6.02. The van der Waals surface area contributed by atoms with Gasteiger partial charge in [-0.25, -0.2) is 0 Å². The number of hydrogen-bond donors (Lipinski definition) is 0. The minimum absolute atomic E-state index is 0.560. The van der Waals surface area contributed by atoms with E-state index >= 15 is 0 Å². The topological polar surface area (TPSA) is 66.0 Å². The van der Waals surface area contributed by atoms with Crippen LogP contribution in [0.4, 0.5) is 0 Å². The van der Waals surface area contributed by atoms with Gasteiger partial charge in [0.25, 0.3) is 0 Å². The summed E-state index contributed by atoms with van der Waals surface area (Å²) in [5.41, 5.74) is 3.22. The van der Waals surface area contributed by atoms with E-state index in [1.807, 2.05) is 30.3 Å². The van der Waals surface area contributed by atoms with Gasteiger partial charge < -0.3 is 9.15 Å². The standard InChI is InChI=1S/C22H22N4O2S/c1-16-6-3-7-17(2)20(16)28-12-13-29-22-25-24-21(18-8-4-10-23-14-18)26(22)15-19-9-5-11-27-19/h3-11,14H,12-13,15H2,1-2H3. The minimum Gasteiger partial charge on any atom is -0.492 e. The Morgan fingerprint density at radius 1 is 1.03 bits per heavy atom. The van der Waals surface area contributed by atoms with Gasteiger partial charge in [0.05, 0.1) is 19.4 Å². The first kappa shape index (κ1) is 19.3. The number of ether oxygens (including phenoxy) is 1. The largest absolute Gasteiger partial charge is 0.492 e. The van der Waals surface area contributed by atoms with Gasteiger partial charge in [0.15, 0.2) is 11.0 Å². The van der Waals surface area contributed by atoms with Crippen molar-refractivity contribution >= 4 is 11.8 Å². The first-order valence-electron chi connectivity index (χ1n) is 9.40. The van der Waals surface area contributed by atoms with Gasteiger partial charge in [-0.05, 0) is 49.2 Å². The predicted octanol–water partition coefficient (Wildman–Crippen LogP) is 4.77. The van der Waals surface area contributed by atoms with Crippen LogP contribution < -0.4 is 4.74 Å². The van der Waals surface area contributed by atoms with E-state index in [0.717, 1.165) is 44.9 Å². The summed E-state index contributed by atoms with van der Waals surface area (Å²) in [6, 6.07) is 13.9. The summed E-state index contributed by atoms with van der Waals surface area (Å²) < 4.78 is 13.6. The van der Waals surface area contributed by atoms with E-state index in [0.29, 0.717) is 13.2 Å². The second kappa shape index (κ2) is 8.96. The smallest absolute Gasteiger partial charge is 0.192 e. The van der Waals surface area contributed by atoms with E-state index < -0.39 is 0 Å². The maximum atomic E-state index is 6.02.